The predicted octanol–water partition coefficient (Wildman–Crippen LogP) is 1.82. The number of aliphatic hydroxyl groups excluding tert-OH is 1. The van der Waals surface area contributed by atoms with E-state index in [4.69, 9.17) is 0 Å². The van der Waals surface area contributed by atoms with Crippen LogP contribution in [0.4, 0.5) is 5.69 Å². The highest BCUT2D eigenvalue weighted by Crippen LogP contribution is 2.34. The Labute approximate surface area is 119 Å². The highest BCUT2D eigenvalue weighted by Gasteiger charge is 2.35. The van der Waals surface area contributed by atoms with E-state index in [1.165, 1.54) is 5.56 Å². The number of rotatable bonds is 3. The summed E-state index contributed by atoms with van der Waals surface area (Å²) in [7, 11) is 0. The largest absolute Gasteiger partial charge is 0.394 e. The number of benzene rings is 1. The number of likely N-dealkylation sites (tertiary alicyclic amines) is 1. The van der Waals surface area contributed by atoms with E-state index in [0.717, 1.165) is 25.2 Å². The Morgan fingerprint density at radius 1 is 1.45 bits per heavy atom. The minimum Gasteiger partial charge on any atom is -0.394 e. The average molecular weight is 274 g/mol. The smallest absolute Gasteiger partial charge is 0.223 e. The third-order valence-corrected chi connectivity index (χ3v) is 4.75. The van der Waals surface area contributed by atoms with Crippen LogP contribution in [0.25, 0.3) is 0 Å². The minimum absolute atomic E-state index is 0.00658. The predicted molar refractivity (Wildman–Crippen MR) is 78.7 cm³/mol. The highest BCUT2D eigenvalue weighted by molar-refractivity contribution is 5.79. The van der Waals surface area contributed by atoms with Crippen LogP contribution in [0.15, 0.2) is 24.3 Å². The van der Waals surface area contributed by atoms with Gasteiger partial charge < -0.3 is 15.3 Å². The Hall–Kier alpha value is -1.55. The molecule has 0 bridgehead atoms. The lowest BCUT2D eigenvalue weighted by Gasteiger charge is -2.26. The van der Waals surface area contributed by atoms with Gasteiger partial charge in [-0.3, -0.25) is 4.79 Å². The van der Waals surface area contributed by atoms with Gasteiger partial charge >= 0.3 is 0 Å². The normalized spacial score (nSPS) is 28.3. The Bertz CT molecular complexity index is 503. The number of carbonyl (C=O) groups excluding carboxylic acids is 1. The number of hydrogen-bond donors (Lipinski definition) is 2. The van der Waals surface area contributed by atoms with Crippen LogP contribution >= 0.6 is 0 Å². The molecule has 0 spiro atoms. The molecule has 108 valence electrons. The average Bonchev–Trinajstić information content (AvgIpc) is 3.03. The molecule has 3 unspecified atom stereocenters. The van der Waals surface area contributed by atoms with Gasteiger partial charge in [0.1, 0.15) is 0 Å². The maximum Gasteiger partial charge on any atom is 0.223 e. The fourth-order valence-corrected chi connectivity index (χ4v) is 3.46. The monoisotopic (exact) mass is 274 g/mol. The van der Waals surface area contributed by atoms with Crippen LogP contribution in [0, 0.1) is 5.92 Å². The number of amides is 1. The van der Waals surface area contributed by atoms with Gasteiger partial charge in [0.2, 0.25) is 5.91 Å². The Morgan fingerprint density at radius 2 is 2.25 bits per heavy atom. The van der Waals surface area contributed by atoms with Gasteiger partial charge in [-0.1, -0.05) is 25.1 Å². The molecule has 1 fully saturated rings. The molecule has 4 nitrogen and oxygen atoms in total. The number of nitrogens with one attached hydrogen (secondary N) is 1. The molecule has 2 aliphatic heterocycles. The Morgan fingerprint density at radius 3 is 3.05 bits per heavy atom. The molecule has 0 radical (unpaired) electrons. The minimum atomic E-state index is 0.00658. The van der Waals surface area contributed by atoms with Crippen molar-refractivity contribution >= 4 is 11.6 Å². The van der Waals surface area contributed by atoms with Gasteiger partial charge in [-0.05, 0) is 24.0 Å². The van der Waals surface area contributed by atoms with E-state index in [0.29, 0.717) is 12.3 Å². The van der Waals surface area contributed by atoms with E-state index >= 15 is 0 Å². The van der Waals surface area contributed by atoms with E-state index in [9.17, 15) is 9.90 Å². The van der Waals surface area contributed by atoms with Crippen LogP contribution in [0.3, 0.4) is 0 Å². The molecule has 4 heteroatoms. The summed E-state index contributed by atoms with van der Waals surface area (Å²) in [4.78, 5) is 14.4. The van der Waals surface area contributed by atoms with Crippen LogP contribution in [0.1, 0.15) is 31.2 Å². The molecule has 1 saturated heterocycles. The van der Waals surface area contributed by atoms with E-state index < -0.39 is 0 Å². The lowest BCUT2D eigenvalue weighted by molar-refractivity contribution is -0.133. The van der Waals surface area contributed by atoms with Gasteiger partial charge in [-0.25, -0.2) is 0 Å². The van der Waals surface area contributed by atoms with Crippen LogP contribution < -0.4 is 5.32 Å². The van der Waals surface area contributed by atoms with Crippen molar-refractivity contribution in [1.82, 2.24) is 4.90 Å². The van der Waals surface area contributed by atoms with E-state index in [1.54, 1.807) is 0 Å². The molecule has 2 heterocycles. The molecule has 0 aromatic heterocycles. The van der Waals surface area contributed by atoms with Gasteiger partial charge in [0.25, 0.3) is 0 Å². The Balaban J connectivity index is 1.69. The maximum absolute atomic E-state index is 12.5. The molecule has 0 saturated carbocycles. The molecule has 20 heavy (non-hydrogen) atoms. The van der Waals surface area contributed by atoms with Crippen molar-refractivity contribution in [2.45, 2.75) is 31.7 Å². The first kappa shape index (κ1) is 13.4. The zero-order valence-corrected chi connectivity index (χ0v) is 11.9. The topological polar surface area (TPSA) is 52.6 Å². The third-order valence-electron chi connectivity index (χ3n) is 4.75. The second-order valence-corrected chi connectivity index (χ2v) is 5.97. The van der Waals surface area contributed by atoms with Crippen molar-refractivity contribution in [1.29, 1.82) is 0 Å². The molecule has 1 aromatic rings. The molecule has 1 aromatic carbocycles. The number of anilines is 1. The number of para-hydroxylation sites is 1. The number of fused-ring (bicyclic) bond motifs is 1. The van der Waals surface area contributed by atoms with Crippen molar-refractivity contribution in [2.24, 2.45) is 5.92 Å². The van der Waals surface area contributed by atoms with Crippen LogP contribution in [0.5, 0.6) is 0 Å². The molecular formula is C16H22N2O2. The van der Waals surface area contributed by atoms with E-state index in [-0.39, 0.29) is 24.5 Å². The van der Waals surface area contributed by atoms with Crippen molar-refractivity contribution in [3.8, 4) is 0 Å². The second kappa shape index (κ2) is 5.44. The highest BCUT2D eigenvalue weighted by atomic mass is 16.3. The van der Waals surface area contributed by atoms with Crippen LogP contribution in [-0.2, 0) is 4.79 Å². The summed E-state index contributed by atoms with van der Waals surface area (Å²) < 4.78 is 0. The number of hydrogen-bond acceptors (Lipinski definition) is 3. The summed E-state index contributed by atoms with van der Waals surface area (Å²) in [6, 6.07) is 8.21. The number of nitrogens with zero attached hydrogens (tertiary/aromatic N) is 1. The Kier molecular flexibility index (Phi) is 3.66. The molecule has 0 aliphatic carbocycles. The van der Waals surface area contributed by atoms with Gasteiger partial charge in [0, 0.05) is 31.1 Å². The lowest BCUT2D eigenvalue weighted by atomic mass is 9.97. The summed E-state index contributed by atoms with van der Waals surface area (Å²) in [6.45, 7) is 3.80. The molecular weight excluding hydrogens is 252 g/mol. The fourth-order valence-electron chi connectivity index (χ4n) is 3.46. The fraction of sp³-hybridized carbons (Fsp3) is 0.562. The molecule has 2 aliphatic rings. The summed E-state index contributed by atoms with van der Waals surface area (Å²) in [6.07, 6.45) is 1.53. The SMILES string of the molecule is CC1CCN(C(=O)CC2CNc3ccccc32)C1CO. The zero-order valence-electron chi connectivity index (χ0n) is 11.9. The van der Waals surface area contributed by atoms with E-state index in [2.05, 4.69) is 24.4 Å². The maximum atomic E-state index is 12.5. The van der Waals surface area contributed by atoms with Gasteiger partial charge in [-0.15, -0.1) is 0 Å². The van der Waals surface area contributed by atoms with Crippen LogP contribution in [0.2, 0.25) is 0 Å². The van der Waals surface area contributed by atoms with Gasteiger partial charge in [0.05, 0.1) is 12.6 Å². The van der Waals surface area contributed by atoms with Crippen molar-refractivity contribution in [3.63, 3.8) is 0 Å². The summed E-state index contributed by atoms with van der Waals surface area (Å²) >= 11 is 0. The van der Waals surface area contributed by atoms with Gasteiger partial charge in [0.15, 0.2) is 0 Å². The number of aliphatic hydroxyl groups is 1. The second-order valence-electron chi connectivity index (χ2n) is 5.97. The van der Waals surface area contributed by atoms with Gasteiger partial charge in [-0.2, -0.15) is 0 Å². The van der Waals surface area contributed by atoms with Crippen LogP contribution in [-0.4, -0.2) is 41.7 Å². The van der Waals surface area contributed by atoms with Crippen molar-refractivity contribution in [3.05, 3.63) is 29.8 Å². The zero-order chi connectivity index (χ0) is 14.1. The first-order valence-electron chi connectivity index (χ1n) is 7.44. The van der Waals surface area contributed by atoms with Crippen molar-refractivity contribution in [2.75, 3.05) is 25.0 Å². The lowest BCUT2D eigenvalue weighted by Crippen LogP contribution is -2.40. The summed E-state index contributed by atoms with van der Waals surface area (Å²) in [5.74, 6) is 0.837. The third kappa shape index (κ3) is 2.29. The summed E-state index contributed by atoms with van der Waals surface area (Å²) in [5.41, 5.74) is 2.40. The quantitative estimate of drug-likeness (QED) is 0.884. The molecule has 1 amide bonds. The first-order valence-corrected chi connectivity index (χ1v) is 7.44. The van der Waals surface area contributed by atoms with E-state index in [1.807, 2.05) is 17.0 Å². The molecule has 3 atom stereocenters. The summed E-state index contributed by atoms with van der Waals surface area (Å²) in [5, 5.41) is 12.8. The standard InChI is InChI=1S/C16H22N2O2/c1-11-6-7-18(15(11)10-19)16(20)8-12-9-17-14-5-3-2-4-13(12)14/h2-5,11-12,15,17,19H,6-10H2,1H3. The molecule has 2 N–H and O–H groups in total. The molecule has 3 rings (SSSR count). The van der Waals surface area contributed by atoms with Crippen molar-refractivity contribution < 1.29 is 9.90 Å². The number of carbonyl (C=O) groups is 1. The first-order chi connectivity index (χ1) is 9.70.